The molecule has 124 valence electrons. The molecule has 0 spiro atoms. The molecule has 7 heteroatoms. The molecule has 1 aromatic heterocycles. The molecule has 23 heavy (non-hydrogen) atoms. The van der Waals surface area contributed by atoms with Gasteiger partial charge in [-0.05, 0) is 12.8 Å². The molecule has 1 aromatic rings. The number of carbonyl (C=O) groups is 2. The van der Waals surface area contributed by atoms with Gasteiger partial charge in [0.1, 0.15) is 11.9 Å². The van der Waals surface area contributed by atoms with Crippen LogP contribution in [0.2, 0.25) is 0 Å². The number of carbonyl (C=O) groups excluding carboxylic acids is 2. The molecule has 0 radical (unpaired) electrons. The van der Waals surface area contributed by atoms with Crippen LogP contribution in [0.4, 0.5) is 0 Å². The number of hydrogen-bond donors (Lipinski definition) is 0. The predicted octanol–water partition coefficient (Wildman–Crippen LogP) is 1.22. The average Bonchev–Trinajstić information content (AvgIpc) is 3.03. The van der Waals surface area contributed by atoms with Crippen molar-refractivity contribution in [1.82, 2.24) is 14.9 Å². The van der Waals surface area contributed by atoms with Gasteiger partial charge in [0.2, 0.25) is 17.7 Å². The maximum Gasteiger partial charge on any atom is 0.235 e. The second-order valence-corrected chi connectivity index (χ2v) is 6.03. The highest BCUT2D eigenvalue weighted by atomic mass is 16.5. The molecule has 0 bridgehead atoms. The van der Waals surface area contributed by atoms with Crippen LogP contribution in [-0.4, -0.2) is 52.9 Å². The van der Waals surface area contributed by atoms with E-state index in [2.05, 4.69) is 9.97 Å². The van der Waals surface area contributed by atoms with Crippen molar-refractivity contribution in [1.29, 1.82) is 0 Å². The number of hydrogen-bond acceptors (Lipinski definition) is 6. The Morgan fingerprint density at radius 3 is 2.70 bits per heavy atom. The molecule has 2 fully saturated rings. The second kappa shape index (κ2) is 6.93. The number of likely N-dealkylation sites (tertiary alicyclic amines) is 1. The molecule has 1 aliphatic carbocycles. The fourth-order valence-corrected chi connectivity index (χ4v) is 3.13. The van der Waals surface area contributed by atoms with Crippen molar-refractivity contribution in [2.75, 3.05) is 20.2 Å². The Kier molecular flexibility index (Phi) is 4.73. The van der Waals surface area contributed by atoms with Gasteiger partial charge in [0.15, 0.2) is 0 Å². The average molecular weight is 319 g/mol. The Labute approximate surface area is 135 Å². The Hall–Kier alpha value is -2.18. The molecule has 1 amide bonds. The monoisotopic (exact) mass is 319 g/mol. The molecule has 0 aromatic carbocycles. The van der Waals surface area contributed by atoms with Gasteiger partial charge >= 0.3 is 0 Å². The summed E-state index contributed by atoms with van der Waals surface area (Å²) >= 11 is 0. The van der Waals surface area contributed by atoms with Crippen LogP contribution in [0.15, 0.2) is 12.4 Å². The quantitative estimate of drug-likeness (QED) is 0.830. The van der Waals surface area contributed by atoms with Crippen LogP contribution in [0.1, 0.15) is 32.1 Å². The number of rotatable bonds is 4. The largest absolute Gasteiger partial charge is 0.480 e. The Morgan fingerprint density at radius 2 is 1.96 bits per heavy atom. The van der Waals surface area contributed by atoms with E-state index in [0.717, 1.165) is 6.42 Å². The summed E-state index contributed by atoms with van der Waals surface area (Å²) in [5.74, 6) is 1.23. The molecule has 1 saturated heterocycles. The van der Waals surface area contributed by atoms with Crippen LogP contribution >= 0.6 is 0 Å². The van der Waals surface area contributed by atoms with Crippen LogP contribution in [0, 0.1) is 5.92 Å². The van der Waals surface area contributed by atoms with Crippen molar-refractivity contribution in [2.45, 2.75) is 38.2 Å². The summed E-state index contributed by atoms with van der Waals surface area (Å²) in [6, 6.07) is 0. The third kappa shape index (κ3) is 3.78. The highest BCUT2D eigenvalue weighted by Crippen LogP contribution is 2.26. The standard InChI is InChI=1S/C16H21N3O4/c1-22-14-8-17-9-15(18-14)23-13-6-7-19(10-13)16(21)11-2-4-12(20)5-3-11/h8-9,11,13H,2-7,10H2,1H3. The van der Waals surface area contributed by atoms with Gasteiger partial charge in [0.05, 0.1) is 26.0 Å². The zero-order chi connectivity index (χ0) is 16.2. The number of ether oxygens (including phenoxy) is 2. The first-order valence-electron chi connectivity index (χ1n) is 7.99. The molecular weight excluding hydrogens is 298 g/mol. The van der Waals surface area contributed by atoms with E-state index in [1.54, 1.807) is 6.20 Å². The smallest absolute Gasteiger partial charge is 0.235 e. The minimum atomic E-state index is -0.0782. The van der Waals surface area contributed by atoms with Gasteiger partial charge in [0, 0.05) is 31.7 Å². The number of methoxy groups -OCH3 is 1. The third-order valence-electron chi connectivity index (χ3n) is 4.44. The van der Waals surface area contributed by atoms with Gasteiger partial charge in [-0.3, -0.25) is 14.6 Å². The number of ketones is 1. The van der Waals surface area contributed by atoms with Crippen LogP contribution in [0.3, 0.4) is 0 Å². The number of aromatic nitrogens is 2. The summed E-state index contributed by atoms with van der Waals surface area (Å²) < 4.78 is 10.8. The van der Waals surface area contributed by atoms with Crippen molar-refractivity contribution in [2.24, 2.45) is 5.92 Å². The molecule has 1 atom stereocenters. The van der Waals surface area contributed by atoms with Gasteiger partial charge in [-0.25, -0.2) is 0 Å². The summed E-state index contributed by atoms with van der Waals surface area (Å²) in [4.78, 5) is 33.8. The van der Waals surface area contributed by atoms with E-state index in [9.17, 15) is 9.59 Å². The lowest BCUT2D eigenvalue weighted by molar-refractivity contribution is -0.136. The van der Waals surface area contributed by atoms with E-state index in [1.165, 1.54) is 13.3 Å². The lowest BCUT2D eigenvalue weighted by atomic mass is 9.87. The Bertz CT molecular complexity index is 582. The van der Waals surface area contributed by atoms with E-state index >= 15 is 0 Å². The minimum Gasteiger partial charge on any atom is -0.480 e. The van der Waals surface area contributed by atoms with Crippen molar-refractivity contribution in [3.63, 3.8) is 0 Å². The second-order valence-electron chi connectivity index (χ2n) is 6.03. The van der Waals surface area contributed by atoms with E-state index < -0.39 is 0 Å². The lowest BCUT2D eigenvalue weighted by Crippen LogP contribution is -2.37. The normalized spacial score (nSPS) is 22.2. The van der Waals surface area contributed by atoms with Crippen molar-refractivity contribution in [3.8, 4) is 11.8 Å². The van der Waals surface area contributed by atoms with Gasteiger partial charge < -0.3 is 14.4 Å². The first-order valence-corrected chi connectivity index (χ1v) is 7.99. The summed E-state index contributed by atoms with van der Waals surface area (Å²) in [7, 11) is 1.53. The number of amides is 1. The summed E-state index contributed by atoms with van der Waals surface area (Å²) in [6.45, 7) is 1.24. The first kappa shape index (κ1) is 15.7. The summed E-state index contributed by atoms with van der Waals surface area (Å²) in [5, 5.41) is 0. The SMILES string of the molecule is COc1cncc(OC2CCN(C(=O)C3CCC(=O)CC3)C2)n1. The number of Topliss-reactive ketones (excluding diaryl/α,β-unsaturated/α-hetero) is 1. The molecule has 2 heterocycles. The molecule has 1 aliphatic heterocycles. The molecule has 3 rings (SSSR count). The van der Waals surface area contributed by atoms with Gasteiger partial charge in [-0.1, -0.05) is 0 Å². The van der Waals surface area contributed by atoms with E-state index in [-0.39, 0.29) is 23.7 Å². The van der Waals surface area contributed by atoms with Crippen molar-refractivity contribution in [3.05, 3.63) is 12.4 Å². The maximum atomic E-state index is 12.5. The minimum absolute atomic E-state index is 0.0111. The fraction of sp³-hybridized carbons (Fsp3) is 0.625. The zero-order valence-electron chi connectivity index (χ0n) is 13.2. The fourth-order valence-electron chi connectivity index (χ4n) is 3.13. The number of nitrogens with zero attached hydrogens (tertiary/aromatic N) is 3. The van der Waals surface area contributed by atoms with Crippen LogP contribution < -0.4 is 9.47 Å². The van der Waals surface area contributed by atoms with Gasteiger partial charge in [-0.2, -0.15) is 4.98 Å². The Balaban J connectivity index is 1.53. The predicted molar refractivity (Wildman–Crippen MR) is 81.2 cm³/mol. The molecule has 7 nitrogen and oxygen atoms in total. The molecule has 0 N–H and O–H groups in total. The van der Waals surface area contributed by atoms with Gasteiger partial charge in [0.25, 0.3) is 0 Å². The van der Waals surface area contributed by atoms with E-state index in [1.807, 2.05) is 4.90 Å². The van der Waals surface area contributed by atoms with Crippen LogP contribution in [0.25, 0.3) is 0 Å². The van der Waals surface area contributed by atoms with Crippen LogP contribution in [0.5, 0.6) is 11.8 Å². The first-order chi connectivity index (χ1) is 11.2. The molecule has 1 saturated carbocycles. The highest BCUT2D eigenvalue weighted by Gasteiger charge is 2.33. The van der Waals surface area contributed by atoms with Crippen LogP contribution in [-0.2, 0) is 9.59 Å². The topological polar surface area (TPSA) is 81.6 Å². The third-order valence-corrected chi connectivity index (χ3v) is 4.44. The highest BCUT2D eigenvalue weighted by molar-refractivity contribution is 5.84. The maximum absolute atomic E-state index is 12.5. The van der Waals surface area contributed by atoms with Crippen molar-refractivity contribution < 1.29 is 19.1 Å². The zero-order valence-corrected chi connectivity index (χ0v) is 13.2. The molecule has 2 aliphatic rings. The summed E-state index contributed by atoms with van der Waals surface area (Å²) in [5.41, 5.74) is 0. The summed E-state index contributed by atoms with van der Waals surface area (Å²) in [6.07, 6.45) is 6.18. The molecular formula is C16H21N3O4. The van der Waals surface area contributed by atoms with E-state index in [0.29, 0.717) is 50.5 Å². The van der Waals surface area contributed by atoms with Crippen molar-refractivity contribution >= 4 is 11.7 Å². The Morgan fingerprint density at radius 1 is 1.22 bits per heavy atom. The van der Waals surface area contributed by atoms with E-state index in [4.69, 9.17) is 9.47 Å². The van der Waals surface area contributed by atoms with Gasteiger partial charge in [-0.15, -0.1) is 0 Å². The lowest BCUT2D eigenvalue weighted by Gasteiger charge is -2.25. The molecule has 1 unspecified atom stereocenters.